The van der Waals surface area contributed by atoms with Crippen LogP contribution in [0.1, 0.15) is 50.8 Å². The number of carbonyl (C=O) groups is 1. The predicted molar refractivity (Wildman–Crippen MR) is 134 cm³/mol. The molecule has 9 heteroatoms. The predicted octanol–water partition coefficient (Wildman–Crippen LogP) is 5.74. The lowest BCUT2D eigenvalue weighted by atomic mass is 9.95. The first kappa shape index (κ1) is 24.8. The Hall–Kier alpha value is -3.33. The van der Waals surface area contributed by atoms with Crippen LogP contribution in [0, 0.1) is 5.82 Å². The molecule has 4 rings (SSSR count). The summed E-state index contributed by atoms with van der Waals surface area (Å²) in [6, 6.07) is 13.8. The van der Waals surface area contributed by atoms with Gasteiger partial charge in [0.1, 0.15) is 17.6 Å². The van der Waals surface area contributed by atoms with Crippen LogP contribution in [0.15, 0.2) is 65.0 Å². The maximum absolute atomic E-state index is 14.1. The zero-order valence-corrected chi connectivity index (χ0v) is 20.9. The van der Waals surface area contributed by atoms with Gasteiger partial charge in [-0.2, -0.15) is 4.98 Å². The van der Waals surface area contributed by atoms with E-state index in [1.54, 1.807) is 22.9 Å². The van der Waals surface area contributed by atoms with E-state index in [0.717, 1.165) is 24.2 Å². The van der Waals surface area contributed by atoms with Crippen LogP contribution in [0.4, 0.5) is 10.3 Å². The van der Waals surface area contributed by atoms with Gasteiger partial charge in [0.25, 0.3) is 0 Å². The number of benzene rings is 2. The van der Waals surface area contributed by atoms with E-state index >= 15 is 0 Å². The molecular weight excluding hydrogens is 467 g/mol. The van der Waals surface area contributed by atoms with Crippen molar-refractivity contribution in [1.82, 2.24) is 14.8 Å². The number of rotatable bonds is 10. The van der Waals surface area contributed by atoms with E-state index < -0.39 is 12.0 Å². The van der Waals surface area contributed by atoms with Crippen LogP contribution < -0.4 is 10.1 Å². The van der Waals surface area contributed by atoms with Crippen molar-refractivity contribution in [2.45, 2.75) is 50.6 Å². The minimum atomic E-state index is -0.545. The van der Waals surface area contributed by atoms with Gasteiger partial charge in [0.05, 0.1) is 18.8 Å². The molecule has 1 N–H and O–H groups in total. The van der Waals surface area contributed by atoms with Crippen LogP contribution in [0.25, 0.3) is 0 Å². The lowest BCUT2D eigenvalue weighted by molar-refractivity contribution is -0.139. The zero-order valence-electron chi connectivity index (χ0n) is 20.1. The lowest BCUT2D eigenvalue weighted by Gasteiger charge is -2.28. The first-order valence-electron chi connectivity index (χ1n) is 11.7. The molecule has 0 fully saturated rings. The topological polar surface area (TPSA) is 78.3 Å². The maximum atomic E-state index is 14.1. The number of halogens is 1. The molecule has 3 aromatic rings. The molecule has 0 amide bonds. The van der Waals surface area contributed by atoms with E-state index in [9.17, 15) is 9.18 Å². The molecule has 1 unspecified atom stereocenters. The van der Waals surface area contributed by atoms with E-state index in [0.29, 0.717) is 46.9 Å². The van der Waals surface area contributed by atoms with Crippen LogP contribution in [0.2, 0.25) is 0 Å². The van der Waals surface area contributed by atoms with Gasteiger partial charge in [-0.3, -0.25) is 0 Å². The van der Waals surface area contributed by atoms with Crippen molar-refractivity contribution in [3.8, 4) is 5.75 Å². The summed E-state index contributed by atoms with van der Waals surface area (Å²) in [6.45, 7) is 6.76. The second-order valence-corrected chi connectivity index (χ2v) is 9.11. The highest BCUT2D eigenvalue weighted by Crippen LogP contribution is 2.38. The van der Waals surface area contributed by atoms with Crippen molar-refractivity contribution in [2.75, 3.05) is 18.5 Å². The van der Waals surface area contributed by atoms with E-state index in [1.807, 2.05) is 45.0 Å². The van der Waals surface area contributed by atoms with E-state index in [2.05, 4.69) is 10.3 Å². The number of anilines is 1. The summed E-state index contributed by atoms with van der Waals surface area (Å²) in [4.78, 5) is 17.7. The van der Waals surface area contributed by atoms with Gasteiger partial charge < -0.3 is 14.8 Å². The number of esters is 1. The third-order valence-electron chi connectivity index (χ3n) is 5.45. The lowest BCUT2D eigenvalue weighted by Crippen LogP contribution is -2.29. The summed E-state index contributed by atoms with van der Waals surface area (Å²) in [7, 11) is 0. The number of hydrogen-bond donors (Lipinski definition) is 1. The average Bonchev–Trinajstić information content (AvgIpc) is 3.27. The quantitative estimate of drug-likeness (QED) is 0.283. The number of nitrogens with one attached hydrogen (secondary N) is 1. The maximum Gasteiger partial charge on any atom is 0.338 e. The number of fused-ring (bicyclic) bond motifs is 1. The van der Waals surface area contributed by atoms with Crippen molar-refractivity contribution in [1.29, 1.82) is 0 Å². The van der Waals surface area contributed by atoms with Gasteiger partial charge in [0, 0.05) is 11.4 Å². The Bertz CT molecular complexity index is 1230. The van der Waals surface area contributed by atoms with Gasteiger partial charge in [-0.15, -0.1) is 5.10 Å². The number of nitrogens with zero attached hydrogens (tertiary/aromatic N) is 3. The Kier molecular flexibility index (Phi) is 8.07. The van der Waals surface area contributed by atoms with Crippen molar-refractivity contribution < 1.29 is 18.7 Å². The standard InChI is InChI=1S/C26H29FN4O3S/c1-4-13-33-20-11-8-10-18(15-20)23-22(24(32)34-14-5-2)17(3)28-25-29-26(30-31(23)25)35-16-19-9-6-7-12-21(19)27/h6-12,15,23H,4-5,13-14,16H2,1-3H3,(H,28,29,30). The van der Waals surface area contributed by atoms with Gasteiger partial charge in [-0.05, 0) is 49.1 Å². The minimum Gasteiger partial charge on any atom is -0.494 e. The van der Waals surface area contributed by atoms with Crippen molar-refractivity contribution in [3.05, 3.63) is 76.7 Å². The van der Waals surface area contributed by atoms with Crippen LogP contribution in [0.5, 0.6) is 5.75 Å². The second kappa shape index (κ2) is 11.4. The van der Waals surface area contributed by atoms with Crippen LogP contribution in [0.3, 0.4) is 0 Å². The first-order valence-corrected chi connectivity index (χ1v) is 12.7. The number of ether oxygens (including phenoxy) is 2. The summed E-state index contributed by atoms with van der Waals surface area (Å²) in [5.74, 6) is 0.956. The molecule has 1 aliphatic rings. The molecule has 1 aromatic heterocycles. The van der Waals surface area contributed by atoms with Gasteiger partial charge in [-0.25, -0.2) is 13.9 Å². The van der Waals surface area contributed by atoms with Gasteiger partial charge in [-0.1, -0.05) is 55.9 Å². The molecule has 0 bridgehead atoms. The molecule has 0 saturated carbocycles. The Balaban J connectivity index is 1.69. The fourth-order valence-electron chi connectivity index (χ4n) is 3.79. The number of allylic oxidation sites excluding steroid dienone is 1. The molecule has 2 aromatic carbocycles. The molecule has 184 valence electrons. The molecule has 0 aliphatic carbocycles. The molecule has 7 nitrogen and oxygen atoms in total. The molecule has 1 aliphatic heterocycles. The monoisotopic (exact) mass is 496 g/mol. The largest absolute Gasteiger partial charge is 0.494 e. The Morgan fingerprint density at radius 2 is 1.94 bits per heavy atom. The normalized spacial score (nSPS) is 14.9. The highest BCUT2D eigenvalue weighted by Gasteiger charge is 2.35. The molecule has 2 heterocycles. The van der Waals surface area contributed by atoms with Gasteiger partial charge in [0.2, 0.25) is 11.1 Å². The fourth-order valence-corrected chi connectivity index (χ4v) is 4.61. The first-order chi connectivity index (χ1) is 17.0. The Morgan fingerprint density at radius 3 is 2.71 bits per heavy atom. The third-order valence-corrected chi connectivity index (χ3v) is 6.34. The summed E-state index contributed by atoms with van der Waals surface area (Å²) < 4.78 is 27.1. The summed E-state index contributed by atoms with van der Waals surface area (Å²) >= 11 is 1.33. The van der Waals surface area contributed by atoms with Crippen molar-refractivity contribution in [2.24, 2.45) is 0 Å². The molecular formula is C26H29FN4O3S. The van der Waals surface area contributed by atoms with E-state index in [-0.39, 0.29) is 5.82 Å². The Morgan fingerprint density at radius 1 is 1.14 bits per heavy atom. The van der Waals surface area contributed by atoms with Crippen molar-refractivity contribution >= 4 is 23.7 Å². The molecule has 0 radical (unpaired) electrons. The number of carbonyl (C=O) groups excluding carboxylic acids is 1. The van der Waals surface area contributed by atoms with Crippen LogP contribution in [-0.2, 0) is 15.3 Å². The Labute approximate surface area is 208 Å². The molecule has 35 heavy (non-hydrogen) atoms. The fraction of sp³-hybridized carbons (Fsp3) is 0.346. The highest BCUT2D eigenvalue weighted by molar-refractivity contribution is 7.98. The van der Waals surface area contributed by atoms with Gasteiger partial charge >= 0.3 is 5.97 Å². The third kappa shape index (κ3) is 5.67. The van der Waals surface area contributed by atoms with Crippen LogP contribution >= 0.6 is 11.8 Å². The van der Waals surface area contributed by atoms with Crippen LogP contribution in [-0.4, -0.2) is 33.9 Å². The molecule has 0 spiro atoms. The summed E-state index contributed by atoms with van der Waals surface area (Å²) in [5.41, 5.74) is 2.53. The number of aromatic nitrogens is 3. The molecule has 0 saturated heterocycles. The zero-order chi connectivity index (χ0) is 24.8. The highest BCUT2D eigenvalue weighted by atomic mass is 32.2. The number of thioether (sulfide) groups is 1. The van der Waals surface area contributed by atoms with E-state index in [4.69, 9.17) is 14.6 Å². The second-order valence-electron chi connectivity index (χ2n) is 8.17. The average molecular weight is 497 g/mol. The number of hydrogen-bond acceptors (Lipinski definition) is 7. The SMILES string of the molecule is CCCOC(=O)C1=C(C)Nc2nc(SCc3ccccc3F)nn2C1c1cccc(OCCC)c1. The van der Waals surface area contributed by atoms with Gasteiger partial charge in [0.15, 0.2) is 0 Å². The van der Waals surface area contributed by atoms with Crippen molar-refractivity contribution in [3.63, 3.8) is 0 Å². The summed E-state index contributed by atoms with van der Waals surface area (Å²) in [6.07, 6.45) is 1.61. The minimum absolute atomic E-state index is 0.262. The van der Waals surface area contributed by atoms with E-state index in [1.165, 1.54) is 17.8 Å². The smallest absolute Gasteiger partial charge is 0.338 e. The summed E-state index contributed by atoms with van der Waals surface area (Å²) in [5, 5.41) is 8.37. The molecule has 1 atom stereocenters.